The fraction of sp³-hybridized carbons (Fsp3) is 0.273. The van der Waals surface area contributed by atoms with Crippen molar-refractivity contribution in [1.82, 2.24) is 20.3 Å². The van der Waals surface area contributed by atoms with Crippen LogP contribution in [0, 0.1) is 0 Å². The van der Waals surface area contributed by atoms with Gasteiger partial charge in [0.15, 0.2) is 0 Å². The van der Waals surface area contributed by atoms with Gasteiger partial charge in [-0.05, 0) is 44.2 Å². The molecule has 2 N–H and O–H groups in total. The molecule has 2 aromatic heterocycles. The maximum Gasteiger partial charge on any atom is 0.271 e. The zero-order chi connectivity index (χ0) is 19.2. The Balaban J connectivity index is 1.36. The molecule has 0 unspecified atom stereocenters. The lowest BCUT2D eigenvalue weighted by Gasteiger charge is -2.13. The second-order valence-corrected chi connectivity index (χ2v) is 6.91. The summed E-state index contributed by atoms with van der Waals surface area (Å²) in [5.41, 5.74) is 3.48. The van der Waals surface area contributed by atoms with Crippen LogP contribution in [0.2, 0.25) is 0 Å². The second kappa shape index (κ2) is 8.61. The number of rotatable bonds is 6. The molecule has 3 aromatic rings. The first-order valence-corrected chi connectivity index (χ1v) is 9.68. The van der Waals surface area contributed by atoms with Crippen LogP contribution < -0.4 is 10.6 Å². The molecule has 0 saturated heterocycles. The number of benzene rings is 1. The number of carbonyl (C=O) groups excluding carboxylic acids is 1. The van der Waals surface area contributed by atoms with E-state index in [4.69, 9.17) is 0 Å². The van der Waals surface area contributed by atoms with Crippen molar-refractivity contribution >= 4 is 28.3 Å². The van der Waals surface area contributed by atoms with Gasteiger partial charge in [0.2, 0.25) is 0 Å². The molecule has 6 nitrogen and oxygen atoms in total. The van der Waals surface area contributed by atoms with E-state index in [1.54, 1.807) is 12.4 Å². The highest BCUT2D eigenvalue weighted by Crippen LogP contribution is 2.23. The van der Waals surface area contributed by atoms with Gasteiger partial charge in [0.1, 0.15) is 11.5 Å². The number of hydrogen-bond acceptors (Lipinski definition) is 5. The Hall–Kier alpha value is -3.28. The lowest BCUT2D eigenvalue weighted by Crippen LogP contribution is -2.26. The van der Waals surface area contributed by atoms with Crippen LogP contribution >= 0.6 is 0 Å². The smallest absolute Gasteiger partial charge is 0.271 e. The summed E-state index contributed by atoms with van der Waals surface area (Å²) < 4.78 is 0. The molecule has 142 valence electrons. The van der Waals surface area contributed by atoms with Crippen LogP contribution in [0.15, 0.2) is 60.6 Å². The number of amides is 1. The summed E-state index contributed by atoms with van der Waals surface area (Å²) in [5, 5.41) is 7.20. The Morgan fingerprint density at radius 2 is 1.96 bits per heavy atom. The van der Waals surface area contributed by atoms with Gasteiger partial charge in [0.25, 0.3) is 5.91 Å². The molecule has 0 spiro atoms. The molecule has 0 atom stereocenters. The van der Waals surface area contributed by atoms with Gasteiger partial charge >= 0.3 is 0 Å². The Morgan fingerprint density at radius 3 is 2.79 bits per heavy atom. The van der Waals surface area contributed by atoms with E-state index in [-0.39, 0.29) is 5.91 Å². The molecule has 0 bridgehead atoms. The Morgan fingerprint density at radius 1 is 1.04 bits per heavy atom. The fourth-order valence-electron chi connectivity index (χ4n) is 3.41. The Kier molecular flexibility index (Phi) is 5.56. The summed E-state index contributed by atoms with van der Waals surface area (Å²) in [4.78, 5) is 25.3. The van der Waals surface area contributed by atoms with E-state index < -0.39 is 0 Å². The number of nitrogens with one attached hydrogen (secondary N) is 2. The molecule has 4 rings (SSSR count). The van der Waals surface area contributed by atoms with Crippen molar-refractivity contribution in [3.05, 3.63) is 66.3 Å². The number of pyridine rings is 1. The molecule has 2 heterocycles. The highest BCUT2D eigenvalue weighted by molar-refractivity contribution is 5.93. The minimum Gasteiger partial charge on any atom is -0.350 e. The normalized spacial score (nSPS) is 13.8. The van der Waals surface area contributed by atoms with Crippen molar-refractivity contribution in [3.8, 4) is 0 Å². The zero-order valence-electron chi connectivity index (χ0n) is 15.7. The zero-order valence-corrected chi connectivity index (χ0v) is 15.7. The highest BCUT2D eigenvalue weighted by Gasteiger charge is 2.10. The largest absolute Gasteiger partial charge is 0.350 e. The maximum atomic E-state index is 12.3. The molecule has 0 fully saturated rings. The fourth-order valence-corrected chi connectivity index (χ4v) is 3.41. The van der Waals surface area contributed by atoms with Crippen molar-refractivity contribution in [1.29, 1.82) is 0 Å². The predicted octanol–water partition coefficient (Wildman–Crippen LogP) is 4.39. The van der Waals surface area contributed by atoms with E-state index >= 15 is 0 Å². The number of para-hydroxylation sites is 1. The van der Waals surface area contributed by atoms with Crippen LogP contribution in [0.25, 0.3) is 10.9 Å². The van der Waals surface area contributed by atoms with Crippen LogP contribution in [-0.2, 0) is 0 Å². The summed E-state index contributed by atoms with van der Waals surface area (Å²) in [7, 11) is 0. The average Bonchev–Trinajstić information content (AvgIpc) is 2.75. The van der Waals surface area contributed by atoms with Crippen molar-refractivity contribution in [2.45, 2.75) is 32.1 Å². The van der Waals surface area contributed by atoms with Crippen LogP contribution in [0.4, 0.5) is 11.5 Å². The Bertz CT molecular complexity index is 992. The highest BCUT2D eigenvalue weighted by atomic mass is 16.1. The number of carbonyl (C=O) groups is 1. The van der Waals surface area contributed by atoms with E-state index in [0.717, 1.165) is 35.9 Å². The van der Waals surface area contributed by atoms with Crippen LogP contribution in [0.3, 0.4) is 0 Å². The number of aromatic nitrogens is 3. The standard InChI is InChI=1S/C22H23N5O/c28-22(24-13-11-16-6-2-1-3-7-16)19-14-26-20(15-25-19)27-18-10-4-8-17-9-5-12-23-21(17)18/h4-6,8-10,12,14-15H,1-3,7,11,13H2,(H,24,28)(H,26,27). The summed E-state index contributed by atoms with van der Waals surface area (Å²) in [5.74, 6) is 0.379. The third kappa shape index (κ3) is 4.34. The molecule has 28 heavy (non-hydrogen) atoms. The monoisotopic (exact) mass is 373 g/mol. The van der Waals surface area contributed by atoms with E-state index in [1.807, 2.05) is 30.3 Å². The molecule has 6 heteroatoms. The van der Waals surface area contributed by atoms with Gasteiger partial charge in [-0.1, -0.05) is 29.8 Å². The van der Waals surface area contributed by atoms with Crippen LogP contribution in [0.5, 0.6) is 0 Å². The predicted molar refractivity (Wildman–Crippen MR) is 111 cm³/mol. The van der Waals surface area contributed by atoms with Crippen molar-refractivity contribution in [3.63, 3.8) is 0 Å². The first-order valence-electron chi connectivity index (χ1n) is 9.68. The molecule has 0 aliphatic heterocycles. The molecule has 0 saturated carbocycles. The number of fused-ring (bicyclic) bond motifs is 1. The van der Waals surface area contributed by atoms with Gasteiger partial charge in [-0.15, -0.1) is 0 Å². The average molecular weight is 373 g/mol. The number of nitrogens with zero attached hydrogens (tertiary/aromatic N) is 3. The number of allylic oxidation sites excluding steroid dienone is 1. The van der Waals surface area contributed by atoms with Crippen LogP contribution in [-0.4, -0.2) is 27.4 Å². The van der Waals surface area contributed by atoms with Gasteiger partial charge in [-0.2, -0.15) is 0 Å². The summed E-state index contributed by atoms with van der Waals surface area (Å²) in [6.45, 7) is 0.633. The lowest BCUT2D eigenvalue weighted by atomic mass is 9.97. The van der Waals surface area contributed by atoms with E-state index in [2.05, 4.69) is 31.7 Å². The van der Waals surface area contributed by atoms with Gasteiger partial charge < -0.3 is 10.6 Å². The quantitative estimate of drug-likeness (QED) is 0.627. The third-order valence-electron chi connectivity index (χ3n) is 4.90. The van der Waals surface area contributed by atoms with Crippen LogP contribution in [0.1, 0.15) is 42.6 Å². The van der Waals surface area contributed by atoms with Crippen molar-refractivity contribution in [2.75, 3.05) is 11.9 Å². The molecular weight excluding hydrogens is 350 g/mol. The molecular formula is C22H23N5O. The third-order valence-corrected chi connectivity index (χ3v) is 4.90. The topological polar surface area (TPSA) is 79.8 Å². The van der Waals surface area contributed by atoms with Crippen molar-refractivity contribution < 1.29 is 4.79 Å². The first kappa shape index (κ1) is 18.1. The summed E-state index contributed by atoms with van der Waals surface area (Å²) in [6.07, 6.45) is 12.9. The molecule has 0 radical (unpaired) electrons. The minimum absolute atomic E-state index is 0.192. The number of anilines is 2. The molecule has 1 aromatic carbocycles. The second-order valence-electron chi connectivity index (χ2n) is 6.91. The first-order chi connectivity index (χ1) is 13.8. The summed E-state index contributed by atoms with van der Waals surface area (Å²) in [6, 6.07) is 9.83. The minimum atomic E-state index is -0.192. The molecule has 1 aliphatic rings. The SMILES string of the molecule is O=C(NCCC1=CCCCC1)c1cnc(Nc2cccc3cccnc23)cn1. The van der Waals surface area contributed by atoms with Crippen molar-refractivity contribution in [2.24, 2.45) is 0 Å². The van der Waals surface area contributed by atoms with E-state index in [9.17, 15) is 4.79 Å². The molecule has 1 aliphatic carbocycles. The number of hydrogen-bond donors (Lipinski definition) is 2. The molecule has 1 amide bonds. The van der Waals surface area contributed by atoms with Gasteiger partial charge in [0, 0.05) is 18.1 Å². The van der Waals surface area contributed by atoms with Gasteiger partial charge in [-0.25, -0.2) is 9.97 Å². The lowest BCUT2D eigenvalue weighted by molar-refractivity contribution is 0.0948. The van der Waals surface area contributed by atoms with Gasteiger partial charge in [0.05, 0.1) is 23.6 Å². The van der Waals surface area contributed by atoms with Gasteiger partial charge in [-0.3, -0.25) is 9.78 Å². The Labute approximate surface area is 164 Å². The van der Waals surface area contributed by atoms with E-state index in [0.29, 0.717) is 18.1 Å². The van der Waals surface area contributed by atoms with E-state index in [1.165, 1.54) is 24.6 Å². The maximum absolute atomic E-state index is 12.3. The summed E-state index contributed by atoms with van der Waals surface area (Å²) >= 11 is 0.